The van der Waals surface area contributed by atoms with Crippen molar-refractivity contribution in [2.45, 2.75) is 46.0 Å². The normalized spacial score (nSPS) is 12.8. The van der Waals surface area contributed by atoms with Gasteiger partial charge < -0.3 is 5.73 Å². The highest BCUT2D eigenvalue weighted by Crippen LogP contribution is 2.23. The van der Waals surface area contributed by atoms with Gasteiger partial charge >= 0.3 is 0 Å². The Morgan fingerprint density at radius 3 is 2.47 bits per heavy atom. The van der Waals surface area contributed by atoms with Gasteiger partial charge in [0, 0.05) is 0 Å². The van der Waals surface area contributed by atoms with Gasteiger partial charge in [-0.3, -0.25) is 0 Å². The lowest BCUT2D eigenvalue weighted by molar-refractivity contribution is 0.609. The van der Waals surface area contributed by atoms with E-state index in [1.807, 2.05) is 0 Å². The zero-order chi connectivity index (χ0) is 11.3. The van der Waals surface area contributed by atoms with Gasteiger partial charge in [-0.05, 0) is 55.8 Å². The fourth-order valence-corrected chi connectivity index (χ4v) is 1.83. The Balaban J connectivity index is 2.57. The van der Waals surface area contributed by atoms with E-state index in [4.69, 9.17) is 5.73 Å². The molecule has 0 bridgehead atoms. The van der Waals surface area contributed by atoms with Crippen LogP contribution in [0.15, 0.2) is 18.2 Å². The Morgan fingerprint density at radius 2 is 1.87 bits per heavy atom. The molecular weight excluding hydrogens is 182 g/mol. The van der Waals surface area contributed by atoms with Crippen molar-refractivity contribution in [3.8, 4) is 0 Å². The first kappa shape index (κ1) is 12.3. The van der Waals surface area contributed by atoms with E-state index in [0.29, 0.717) is 5.92 Å². The van der Waals surface area contributed by atoms with Gasteiger partial charge in [-0.15, -0.1) is 0 Å². The van der Waals surface area contributed by atoms with Crippen LogP contribution in [0.1, 0.15) is 48.8 Å². The first-order valence-corrected chi connectivity index (χ1v) is 5.92. The second kappa shape index (κ2) is 5.92. The summed E-state index contributed by atoms with van der Waals surface area (Å²) in [5.41, 5.74) is 9.75. The van der Waals surface area contributed by atoms with Crippen LogP contribution < -0.4 is 5.73 Å². The van der Waals surface area contributed by atoms with Crippen molar-refractivity contribution < 1.29 is 0 Å². The number of nitrogens with two attached hydrogens (primary N) is 1. The van der Waals surface area contributed by atoms with E-state index >= 15 is 0 Å². The van der Waals surface area contributed by atoms with Crippen LogP contribution in [0.25, 0.3) is 0 Å². The maximum atomic E-state index is 5.50. The minimum Gasteiger partial charge on any atom is -0.330 e. The molecule has 1 nitrogen and oxygen atoms in total. The van der Waals surface area contributed by atoms with Crippen molar-refractivity contribution in [2.24, 2.45) is 5.73 Å². The largest absolute Gasteiger partial charge is 0.330 e. The van der Waals surface area contributed by atoms with Crippen molar-refractivity contribution in [1.29, 1.82) is 0 Å². The van der Waals surface area contributed by atoms with Crippen LogP contribution in [-0.2, 0) is 0 Å². The minimum atomic E-state index is 0.663. The average molecular weight is 205 g/mol. The van der Waals surface area contributed by atoms with Gasteiger partial charge in [-0.1, -0.05) is 31.5 Å². The Bertz CT molecular complexity index is 304. The maximum absolute atomic E-state index is 5.50. The molecule has 0 aliphatic heterocycles. The lowest BCUT2D eigenvalue weighted by Gasteiger charge is -2.13. The smallest absolute Gasteiger partial charge is 0.00773 e. The summed E-state index contributed by atoms with van der Waals surface area (Å²) in [4.78, 5) is 0. The van der Waals surface area contributed by atoms with Crippen LogP contribution >= 0.6 is 0 Å². The van der Waals surface area contributed by atoms with Crippen LogP contribution in [0, 0.1) is 13.8 Å². The van der Waals surface area contributed by atoms with E-state index in [2.05, 4.69) is 39.0 Å². The molecule has 0 saturated heterocycles. The third kappa shape index (κ3) is 3.67. The lowest BCUT2D eigenvalue weighted by atomic mass is 9.93. The van der Waals surface area contributed by atoms with Gasteiger partial charge in [0.25, 0.3) is 0 Å². The van der Waals surface area contributed by atoms with Gasteiger partial charge in [-0.2, -0.15) is 0 Å². The SMILES string of the molecule is Cc1ccc(C(C)CCCCN)cc1C. The second-order valence-corrected chi connectivity index (χ2v) is 4.53. The standard InChI is InChI=1S/C14H23N/c1-11-7-8-14(10-13(11)3)12(2)6-4-5-9-15/h7-8,10,12H,4-6,9,15H2,1-3H3. The molecular formula is C14H23N. The van der Waals surface area contributed by atoms with Crippen LogP contribution in [0.2, 0.25) is 0 Å². The van der Waals surface area contributed by atoms with Gasteiger partial charge in [0.1, 0.15) is 0 Å². The predicted octanol–water partition coefficient (Wildman–Crippen LogP) is 3.54. The summed E-state index contributed by atoms with van der Waals surface area (Å²) in [6.07, 6.45) is 3.64. The van der Waals surface area contributed by atoms with Crippen molar-refractivity contribution in [3.05, 3.63) is 34.9 Å². The molecule has 1 heteroatoms. The second-order valence-electron chi connectivity index (χ2n) is 4.53. The molecule has 2 N–H and O–H groups in total. The lowest BCUT2D eigenvalue weighted by Crippen LogP contribution is -2.00. The zero-order valence-electron chi connectivity index (χ0n) is 10.2. The summed E-state index contributed by atoms with van der Waals surface area (Å²) in [7, 11) is 0. The molecule has 1 atom stereocenters. The van der Waals surface area contributed by atoms with E-state index in [0.717, 1.165) is 13.0 Å². The third-order valence-electron chi connectivity index (χ3n) is 3.19. The summed E-state index contributed by atoms with van der Waals surface area (Å²) in [6.45, 7) is 7.48. The zero-order valence-corrected chi connectivity index (χ0v) is 10.2. The molecule has 0 aliphatic carbocycles. The summed E-state index contributed by atoms with van der Waals surface area (Å²) in [5.74, 6) is 0.663. The topological polar surface area (TPSA) is 26.0 Å². The number of rotatable bonds is 5. The molecule has 1 unspecified atom stereocenters. The molecule has 0 saturated carbocycles. The highest BCUT2D eigenvalue weighted by molar-refractivity contribution is 5.31. The number of hydrogen-bond acceptors (Lipinski definition) is 1. The molecule has 1 rings (SSSR count). The third-order valence-corrected chi connectivity index (χ3v) is 3.19. The van der Waals surface area contributed by atoms with Crippen molar-refractivity contribution >= 4 is 0 Å². The summed E-state index contributed by atoms with van der Waals surface area (Å²) in [5, 5.41) is 0. The molecule has 0 radical (unpaired) electrons. The van der Waals surface area contributed by atoms with E-state index in [9.17, 15) is 0 Å². The molecule has 0 aliphatic rings. The molecule has 0 amide bonds. The quantitative estimate of drug-likeness (QED) is 0.731. The molecule has 0 fully saturated rings. The van der Waals surface area contributed by atoms with Gasteiger partial charge in [0.2, 0.25) is 0 Å². The van der Waals surface area contributed by atoms with Gasteiger partial charge in [0.15, 0.2) is 0 Å². The van der Waals surface area contributed by atoms with Gasteiger partial charge in [-0.25, -0.2) is 0 Å². The molecule has 1 aromatic carbocycles. The van der Waals surface area contributed by atoms with Crippen molar-refractivity contribution in [3.63, 3.8) is 0 Å². The summed E-state index contributed by atoms with van der Waals surface area (Å²) >= 11 is 0. The number of unbranched alkanes of at least 4 members (excludes halogenated alkanes) is 1. The Hall–Kier alpha value is -0.820. The van der Waals surface area contributed by atoms with Crippen molar-refractivity contribution in [1.82, 2.24) is 0 Å². The minimum absolute atomic E-state index is 0.663. The number of aryl methyl sites for hydroxylation is 2. The maximum Gasteiger partial charge on any atom is -0.00773 e. The van der Waals surface area contributed by atoms with Gasteiger partial charge in [0.05, 0.1) is 0 Å². The fraction of sp³-hybridized carbons (Fsp3) is 0.571. The molecule has 0 spiro atoms. The van der Waals surface area contributed by atoms with E-state index in [1.54, 1.807) is 0 Å². The van der Waals surface area contributed by atoms with Crippen LogP contribution in [-0.4, -0.2) is 6.54 Å². The Labute approximate surface area is 93.7 Å². The molecule has 15 heavy (non-hydrogen) atoms. The number of hydrogen-bond donors (Lipinski definition) is 1. The van der Waals surface area contributed by atoms with E-state index in [1.165, 1.54) is 29.5 Å². The highest BCUT2D eigenvalue weighted by atomic mass is 14.5. The fourth-order valence-electron chi connectivity index (χ4n) is 1.83. The Morgan fingerprint density at radius 1 is 1.13 bits per heavy atom. The number of benzene rings is 1. The predicted molar refractivity (Wildman–Crippen MR) is 67.2 cm³/mol. The highest BCUT2D eigenvalue weighted by Gasteiger charge is 2.05. The van der Waals surface area contributed by atoms with Crippen molar-refractivity contribution in [2.75, 3.05) is 6.54 Å². The summed E-state index contributed by atoms with van der Waals surface area (Å²) in [6, 6.07) is 6.81. The molecule has 1 aromatic rings. The van der Waals surface area contributed by atoms with Crippen LogP contribution in [0.5, 0.6) is 0 Å². The summed E-state index contributed by atoms with van der Waals surface area (Å²) < 4.78 is 0. The molecule has 0 heterocycles. The van der Waals surface area contributed by atoms with Crippen LogP contribution in [0.3, 0.4) is 0 Å². The van der Waals surface area contributed by atoms with Crippen LogP contribution in [0.4, 0.5) is 0 Å². The molecule has 0 aromatic heterocycles. The monoisotopic (exact) mass is 205 g/mol. The first-order valence-electron chi connectivity index (χ1n) is 5.92. The average Bonchev–Trinajstić information content (AvgIpc) is 2.22. The first-order chi connectivity index (χ1) is 7.15. The molecule has 84 valence electrons. The van der Waals surface area contributed by atoms with E-state index < -0.39 is 0 Å². The Kier molecular flexibility index (Phi) is 4.83. The van der Waals surface area contributed by atoms with E-state index in [-0.39, 0.29) is 0 Å².